The smallest absolute Gasteiger partial charge is 0.0160 e. The van der Waals surface area contributed by atoms with Crippen LogP contribution in [0.15, 0.2) is 23.8 Å². The van der Waals surface area contributed by atoms with Crippen molar-refractivity contribution in [1.29, 1.82) is 0 Å². The van der Waals surface area contributed by atoms with E-state index in [2.05, 4.69) is 25.2 Å². The summed E-state index contributed by atoms with van der Waals surface area (Å²) in [5.74, 6) is 0. The van der Waals surface area contributed by atoms with Gasteiger partial charge in [-0.05, 0) is 19.3 Å². The van der Waals surface area contributed by atoms with Gasteiger partial charge in [-0.1, -0.05) is 204 Å². The normalized spacial score (nSPS) is 13.1. The first-order valence-electron chi connectivity index (χ1n) is 16.8. The van der Waals surface area contributed by atoms with Gasteiger partial charge in [0.2, 0.25) is 0 Å². The lowest BCUT2D eigenvalue weighted by Crippen LogP contribution is -1.85. The zero-order valence-corrected chi connectivity index (χ0v) is 24.4. The molecular formula is C35H66. The molecule has 0 N–H and O–H groups in total. The molecule has 0 atom stereocenters. The van der Waals surface area contributed by atoms with Crippen molar-refractivity contribution in [3.8, 4) is 0 Å². The van der Waals surface area contributed by atoms with Crippen LogP contribution < -0.4 is 0 Å². The van der Waals surface area contributed by atoms with Crippen LogP contribution in [0.2, 0.25) is 0 Å². The van der Waals surface area contributed by atoms with Crippen molar-refractivity contribution in [2.75, 3.05) is 0 Å². The van der Waals surface area contributed by atoms with Crippen molar-refractivity contribution in [2.45, 2.75) is 200 Å². The lowest BCUT2D eigenvalue weighted by atomic mass is 10.0. The number of rotatable bonds is 29. The average molecular weight is 487 g/mol. The summed E-state index contributed by atoms with van der Waals surface area (Å²) in [6, 6.07) is 0. The number of unbranched alkanes of at least 4 members (excludes halogenated alkanes) is 27. The summed E-state index contributed by atoms with van der Waals surface area (Å²) >= 11 is 0. The first kappa shape index (κ1) is 32.5. The van der Waals surface area contributed by atoms with Crippen LogP contribution in [0.1, 0.15) is 200 Å². The maximum absolute atomic E-state index is 2.39. The average Bonchev–Trinajstić information content (AvgIpc) is 3.39. The Balaban J connectivity index is 1.61. The standard InChI is InChI=1S/C35H66/c1-2-3-4-5-6-7-8-9-10-11-12-13-14-15-16-17-18-19-20-21-22-23-24-25-26-27-28-29-32-35-33-30-31-34-35/h30,33-34H,2-29,31-32H2,1H3. The van der Waals surface area contributed by atoms with E-state index in [1.54, 1.807) is 5.57 Å². The Labute approximate surface area is 223 Å². The van der Waals surface area contributed by atoms with Crippen LogP contribution in [0.3, 0.4) is 0 Å². The van der Waals surface area contributed by atoms with Gasteiger partial charge in [0.05, 0.1) is 0 Å². The zero-order valence-electron chi connectivity index (χ0n) is 24.4. The summed E-state index contributed by atoms with van der Waals surface area (Å²) in [7, 11) is 0. The van der Waals surface area contributed by atoms with Crippen LogP contribution in [-0.2, 0) is 0 Å². The Bertz CT molecular complexity index is 457. The van der Waals surface area contributed by atoms with Gasteiger partial charge in [0.1, 0.15) is 0 Å². The molecule has 1 rings (SSSR count). The van der Waals surface area contributed by atoms with Crippen molar-refractivity contribution in [2.24, 2.45) is 0 Å². The third-order valence-corrected chi connectivity index (χ3v) is 8.17. The lowest BCUT2D eigenvalue weighted by molar-refractivity contribution is 0.514. The van der Waals surface area contributed by atoms with Crippen molar-refractivity contribution in [3.05, 3.63) is 23.8 Å². The summed E-state index contributed by atoms with van der Waals surface area (Å²) < 4.78 is 0. The third-order valence-electron chi connectivity index (χ3n) is 8.17. The second-order valence-corrected chi connectivity index (χ2v) is 11.7. The molecule has 0 aromatic rings. The molecule has 0 bridgehead atoms. The number of allylic oxidation sites excluding steroid dienone is 4. The molecule has 0 spiro atoms. The van der Waals surface area contributed by atoms with Crippen LogP contribution in [0, 0.1) is 0 Å². The highest BCUT2D eigenvalue weighted by Gasteiger charge is 1.99. The van der Waals surface area contributed by atoms with Crippen molar-refractivity contribution in [1.82, 2.24) is 0 Å². The van der Waals surface area contributed by atoms with E-state index in [1.807, 2.05) is 0 Å². The molecule has 0 aromatic carbocycles. The van der Waals surface area contributed by atoms with E-state index in [-0.39, 0.29) is 0 Å². The SMILES string of the molecule is CCCCCCCCCCCCCCCCCCCCCCCCCCCCCCC1=CCC=C1. The van der Waals surface area contributed by atoms with Crippen molar-refractivity contribution < 1.29 is 0 Å². The van der Waals surface area contributed by atoms with E-state index in [4.69, 9.17) is 0 Å². The van der Waals surface area contributed by atoms with Gasteiger partial charge in [0.25, 0.3) is 0 Å². The molecule has 0 radical (unpaired) electrons. The minimum atomic E-state index is 1.18. The highest BCUT2D eigenvalue weighted by molar-refractivity contribution is 5.25. The van der Waals surface area contributed by atoms with Crippen molar-refractivity contribution >= 4 is 0 Å². The third kappa shape index (κ3) is 24.9. The summed E-state index contributed by atoms with van der Waals surface area (Å²) in [5, 5.41) is 0. The maximum Gasteiger partial charge on any atom is -0.0160 e. The summed E-state index contributed by atoms with van der Waals surface area (Å²) in [4.78, 5) is 0. The van der Waals surface area contributed by atoms with Gasteiger partial charge in [-0.15, -0.1) is 0 Å². The highest BCUT2D eigenvalue weighted by atomic mass is 14.0. The maximum atomic E-state index is 2.39. The van der Waals surface area contributed by atoms with Gasteiger partial charge >= 0.3 is 0 Å². The Kier molecular flexibility index (Phi) is 26.1. The molecule has 0 aromatic heterocycles. The Morgan fingerprint density at radius 2 is 0.686 bits per heavy atom. The van der Waals surface area contributed by atoms with Crippen LogP contribution in [0.25, 0.3) is 0 Å². The molecular weight excluding hydrogens is 420 g/mol. The van der Waals surface area contributed by atoms with Gasteiger partial charge in [-0.25, -0.2) is 0 Å². The quantitative estimate of drug-likeness (QED) is 0.0922. The first-order valence-corrected chi connectivity index (χ1v) is 16.8. The van der Waals surface area contributed by atoms with Gasteiger partial charge in [-0.3, -0.25) is 0 Å². The van der Waals surface area contributed by atoms with Crippen LogP contribution in [0.4, 0.5) is 0 Å². The Hall–Kier alpha value is -0.520. The largest absolute Gasteiger partial charge is 0.0805 e. The van der Waals surface area contributed by atoms with E-state index in [9.17, 15) is 0 Å². The molecule has 0 saturated heterocycles. The fourth-order valence-electron chi connectivity index (χ4n) is 5.69. The first-order chi connectivity index (χ1) is 17.4. The monoisotopic (exact) mass is 487 g/mol. The number of hydrogen-bond acceptors (Lipinski definition) is 0. The molecule has 0 unspecified atom stereocenters. The predicted octanol–water partition coefficient (Wildman–Crippen LogP) is 13.2. The topological polar surface area (TPSA) is 0 Å². The molecule has 0 heterocycles. The molecule has 0 aliphatic heterocycles. The lowest BCUT2D eigenvalue weighted by Gasteiger charge is -2.04. The van der Waals surface area contributed by atoms with Crippen molar-refractivity contribution in [3.63, 3.8) is 0 Å². The molecule has 0 amide bonds. The molecule has 0 saturated carbocycles. The molecule has 1 aliphatic carbocycles. The van der Waals surface area contributed by atoms with E-state index in [0.717, 1.165) is 0 Å². The second kappa shape index (κ2) is 28.1. The molecule has 0 fully saturated rings. The molecule has 35 heavy (non-hydrogen) atoms. The Morgan fingerprint density at radius 1 is 0.400 bits per heavy atom. The highest BCUT2D eigenvalue weighted by Crippen LogP contribution is 2.18. The van der Waals surface area contributed by atoms with Gasteiger partial charge in [0.15, 0.2) is 0 Å². The molecule has 206 valence electrons. The predicted molar refractivity (Wildman–Crippen MR) is 161 cm³/mol. The summed E-state index contributed by atoms with van der Waals surface area (Å²) in [6.45, 7) is 2.31. The second-order valence-electron chi connectivity index (χ2n) is 11.7. The van der Waals surface area contributed by atoms with Crippen LogP contribution >= 0.6 is 0 Å². The summed E-state index contributed by atoms with van der Waals surface area (Å²) in [5.41, 5.74) is 1.58. The van der Waals surface area contributed by atoms with E-state index in [1.165, 1.54) is 193 Å². The fourth-order valence-corrected chi connectivity index (χ4v) is 5.69. The molecule has 0 nitrogen and oxygen atoms in total. The van der Waals surface area contributed by atoms with Gasteiger partial charge in [0, 0.05) is 0 Å². The minimum Gasteiger partial charge on any atom is -0.0805 e. The van der Waals surface area contributed by atoms with E-state index in [0.29, 0.717) is 0 Å². The minimum absolute atomic E-state index is 1.18. The Morgan fingerprint density at radius 3 is 0.943 bits per heavy atom. The van der Waals surface area contributed by atoms with Crippen LogP contribution in [0.5, 0.6) is 0 Å². The van der Waals surface area contributed by atoms with Gasteiger partial charge < -0.3 is 0 Å². The van der Waals surface area contributed by atoms with E-state index < -0.39 is 0 Å². The fraction of sp³-hybridized carbons (Fsp3) is 0.886. The van der Waals surface area contributed by atoms with E-state index >= 15 is 0 Å². The van der Waals surface area contributed by atoms with Crippen LogP contribution in [-0.4, -0.2) is 0 Å². The summed E-state index contributed by atoms with van der Waals surface area (Å²) in [6.07, 6.45) is 50.8. The molecule has 1 aliphatic rings. The zero-order chi connectivity index (χ0) is 24.9. The number of hydrogen-bond donors (Lipinski definition) is 0. The van der Waals surface area contributed by atoms with Gasteiger partial charge in [-0.2, -0.15) is 0 Å². The molecule has 0 heteroatoms.